The number of aryl methyl sites for hydroxylation is 1. The Hall–Kier alpha value is -2.56. The first-order valence-electron chi connectivity index (χ1n) is 8.85. The van der Waals surface area contributed by atoms with Crippen LogP contribution >= 0.6 is 0 Å². The van der Waals surface area contributed by atoms with Crippen LogP contribution < -0.4 is 10.9 Å². The van der Waals surface area contributed by atoms with Crippen LogP contribution in [0.1, 0.15) is 41.3 Å². The Morgan fingerprint density at radius 3 is 2.92 bits per heavy atom. The molecule has 25 heavy (non-hydrogen) atoms. The molecule has 0 spiro atoms. The van der Waals surface area contributed by atoms with Gasteiger partial charge in [0, 0.05) is 42.6 Å². The third-order valence-electron chi connectivity index (χ3n) is 4.79. The Labute approximate surface area is 148 Å². The molecule has 3 rings (SSSR count). The van der Waals surface area contributed by atoms with Crippen molar-refractivity contribution in [1.29, 1.82) is 0 Å². The summed E-state index contributed by atoms with van der Waals surface area (Å²) < 4.78 is 0. The summed E-state index contributed by atoms with van der Waals surface area (Å²) in [7, 11) is 0. The van der Waals surface area contributed by atoms with E-state index in [1.807, 2.05) is 36.1 Å². The predicted molar refractivity (Wildman–Crippen MR) is 99.9 cm³/mol. The quantitative estimate of drug-likeness (QED) is 0.899. The van der Waals surface area contributed by atoms with Gasteiger partial charge in [0.05, 0.1) is 0 Å². The number of piperidine rings is 1. The average Bonchev–Trinajstić information content (AvgIpc) is 2.61. The van der Waals surface area contributed by atoms with Gasteiger partial charge in [-0.15, -0.1) is 0 Å². The molecule has 0 saturated carbocycles. The molecular formula is C20H25N3O2. The Morgan fingerprint density at radius 2 is 2.20 bits per heavy atom. The topological polar surface area (TPSA) is 65.2 Å². The number of aromatic amines is 1. The van der Waals surface area contributed by atoms with Crippen LogP contribution in [-0.4, -0.2) is 28.9 Å². The Bertz CT molecular complexity index is 813. The Balaban J connectivity index is 1.69. The molecule has 1 amide bonds. The lowest BCUT2D eigenvalue weighted by Crippen LogP contribution is -2.39. The van der Waals surface area contributed by atoms with Gasteiger partial charge in [0.15, 0.2) is 0 Å². The number of H-pyrrole nitrogens is 1. The fraction of sp³-hybridized carbons (Fsp3) is 0.400. The highest BCUT2D eigenvalue weighted by atomic mass is 16.2. The molecule has 1 aromatic heterocycles. The molecule has 2 heterocycles. The standard InChI is InChI=1S/C20H25N3O2/c1-14-5-4-10-23(13-14)20(25)16-7-8-18(15(2)11-16)22-12-17-6-3-9-21-19(17)24/h3,6-9,11,14,22H,4-5,10,12-13H2,1-2H3,(H,21,24). The molecule has 1 aliphatic heterocycles. The van der Waals surface area contributed by atoms with Gasteiger partial charge in [-0.3, -0.25) is 9.59 Å². The summed E-state index contributed by atoms with van der Waals surface area (Å²) in [5.41, 5.74) is 3.27. The average molecular weight is 339 g/mol. The summed E-state index contributed by atoms with van der Waals surface area (Å²) in [5.74, 6) is 0.685. The minimum Gasteiger partial charge on any atom is -0.381 e. The smallest absolute Gasteiger partial charge is 0.253 e. The molecule has 1 aromatic carbocycles. The van der Waals surface area contributed by atoms with Crippen LogP contribution in [0.3, 0.4) is 0 Å². The van der Waals surface area contributed by atoms with Crippen molar-refractivity contribution in [2.75, 3.05) is 18.4 Å². The number of pyridine rings is 1. The number of anilines is 1. The first kappa shape index (κ1) is 17.3. The fourth-order valence-corrected chi connectivity index (χ4v) is 3.34. The highest BCUT2D eigenvalue weighted by Crippen LogP contribution is 2.21. The van der Waals surface area contributed by atoms with Crippen molar-refractivity contribution in [2.45, 2.75) is 33.2 Å². The summed E-state index contributed by atoms with van der Waals surface area (Å²) in [6.07, 6.45) is 3.90. The normalized spacial score (nSPS) is 17.4. The number of carbonyl (C=O) groups excluding carboxylic acids is 1. The van der Waals surface area contributed by atoms with Crippen LogP contribution in [0.5, 0.6) is 0 Å². The van der Waals surface area contributed by atoms with Crippen molar-refractivity contribution in [3.63, 3.8) is 0 Å². The summed E-state index contributed by atoms with van der Waals surface area (Å²) in [5, 5.41) is 3.28. The Kier molecular flexibility index (Phi) is 5.22. The van der Waals surface area contributed by atoms with Crippen molar-refractivity contribution in [2.24, 2.45) is 5.92 Å². The van der Waals surface area contributed by atoms with Crippen molar-refractivity contribution in [3.8, 4) is 0 Å². The van der Waals surface area contributed by atoms with Gasteiger partial charge in [0.25, 0.3) is 11.5 Å². The number of hydrogen-bond acceptors (Lipinski definition) is 3. The number of benzene rings is 1. The molecule has 2 aromatic rings. The predicted octanol–water partition coefficient (Wildman–Crippen LogP) is 3.17. The number of nitrogens with zero attached hydrogens (tertiary/aromatic N) is 1. The number of carbonyl (C=O) groups is 1. The third-order valence-corrected chi connectivity index (χ3v) is 4.79. The van der Waals surface area contributed by atoms with Crippen LogP contribution in [-0.2, 0) is 6.54 Å². The van der Waals surface area contributed by atoms with Gasteiger partial charge in [0.2, 0.25) is 0 Å². The lowest BCUT2D eigenvalue weighted by atomic mass is 9.99. The maximum Gasteiger partial charge on any atom is 0.253 e. The second-order valence-corrected chi connectivity index (χ2v) is 6.91. The first-order chi connectivity index (χ1) is 12.0. The molecule has 1 saturated heterocycles. The van der Waals surface area contributed by atoms with Crippen molar-refractivity contribution >= 4 is 11.6 Å². The van der Waals surface area contributed by atoms with E-state index in [0.29, 0.717) is 18.0 Å². The maximum atomic E-state index is 12.7. The zero-order chi connectivity index (χ0) is 17.8. The van der Waals surface area contributed by atoms with Gasteiger partial charge >= 0.3 is 0 Å². The van der Waals surface area contributed by atoms with E-state index in [1.165, 1.54) is 6.42 Å². The second kappa shape index (κ2) is 7.55. The second-order valence-electron chi connectivity index (χ2n) is 6.91. The molecule has 1 atom stereocenters. The highest BCUT2D eigenvalue weighted by molar-refractivity contribution is 5.95. The van der Waals surface area contributed by atoms with E-state index in [2.05, 4.69) is 17.2 Å². The van der Waals surface area contributed by atoms with Gasteiger partial charge in [-0.2, -0.15) is 0 Å². The molecule has 0 aliphatic carbocycles. The summed E-state index contributed by atoms with van der Waals surface area (Å²) >= 11 is 0. The number of amides is 1. The number of likely N-dealkylation sites (tertiary alicyclic amines) is 1. The SMILES string of the molecule is Cc1cc(C(=O)N2CCCC(C)C2)ccc1NCc1ccc[nH]c1=O. The van der Waals surface area contributed by atoms with Gasteiger partial charge < -0.3 is 15.2 Å². The molecule has 5 nitrogen and oxygen atoms in total. The van der Waals surface area contributed by atoms with Gasteiger partial charge in [-0.05, 0) is 55.5 Å². The third kappa shape index (κ3) is 4.10. The minimum absolute atomic E-state index is 0.0846. The van der Waals surface area contributed by atoms with E-state index in [9.17, 15) is 9.59 Å². The van der Waals surface area contributed by atoms with Crippen LogP contribution in [0.25, 0.3) is 0 Å². The summed E-state index contributed by atoms with van der Waals surface area (Å²) in [6, 6.07) is 9.33. The fourth-order valence-electron chi connectivity index (χ4n) is 3.34. The molecule has 0 bridgehead atoms. The zero-order valence-electron chi connectivity index (χ0n) is 14.8. The van der Waals surface area contributed by atoms with E-state index in [-0.39, 0.29) is 11.5 Å². The highest BCUT2D eigenvalue weighted by Gasteiger charge is 2.22. The molecule has 5 heteroatoms. The van der Waals surface area contributed by atoms with Gasteiger partial charge in [0.1, 0.15) is 0 Å². The van der Waals surface area contributed by atoms with Crippen LogP contribution in [0.4, 0.5) is 5.69 Å². The lowest BCUT2D eigenvalue weighted by Gasteiger charge is -2.31. The van der Waals surface area contributed by atoms with E-state index in [0.717, 1.165) is 36.3 Å². The van der Waals surface area contributed by atoms with Crippen molar-refractivity contribution in [1.82, 2.24) is 9.88 Å². The number of rotatable bonds is 4. The first-order valence-corrected chi connectivity index (χ1v) is 8.85. The van der Waals surface area contributed by atoms with E-state index in [4.69, 9.17) is 0 Å². The molecule has 1 aliphatic rings. The van der Waals surface area contributed by atoms with Gasteiger partial charge in [-0.1, -0.05) is 13.0 Å². The Morgan fingerprint density at radius 1 is 1.36 bits per heavy atom. The summed E-state index contributed by atoms with van der Waals surface area (Å²) in [4.78, 5) is 29.0. The van der Waals surface area contributed by atoms with Crippen molar-refractivity contribution < 1.29 is 4.79 Å². The molecule has 2 N–H and O–H groups in total. The summed E-state index contributed by atoms with van der Waals surface area (Å²) in [6.45, 7) is 6.32. The van der Waals surface area contributed by atoms with E-state index >= 15 is 0 Å². The zero-order valence-corrected chi connectivity index (χ0v) is 14.8. The lowest BCUT2D eigenvalue weighted by molar-refractivity contribution is 0.0683. The van der Waals surface area contributed by atoms with Crippen LogP contribution in [0.2, 0.25) is 0 Å². The molecule has 1 fully saturated rings. The number of nitrogens with one attached hydrogen (secondary N) is 2. The maximum absolute atomic E-state index is 12.7. The molecule has 1 unspecified atom stereocenters. The largest absolute Gasteiger partial charge is 0.381 e. The van der Waals surface area contributed by atoms with E-state index < -0.39 is 0 Å². The number of hydrogen-bond donors (Lipinski definition) is 2. The molecule has 0 radical (unpaired) electrons. The van der Waals surface area contributed by atoms with Gasteiger partial charge in [-0.25, -0.2) is 0 Å². The van der Waals surface area contributed by atoms with Crippen LogP contribution in [0.15, 0.2) is 41.3 Å². The minimum atomic E-state index is -0.0846. The van der Waals surface area contributed by atoms with Crippen molar-refractivity contribution in [3.05, 3.63) is 63.6 Å². The number of aromatic nitrogens is 1. The molecular weight excluding hydrogens is 314 g/mol. The molecule has 132 valence electrons. The monoisotopic (exact) mass is 339 g/mol. The van der Waals surface area contributed by atoms with Crippen LogP contribution in [0, 0.1) is 12.8 Å². The van der Waals surface area contributed by atoms with E-state index in [1.54, 1.807) is 12.3 Å².